The van der Waals surface area contributed by atoms with Crippen LogP contribution < -0.4 is 10.6 Å². The van der Waals surface area contributed by atoms with Crippen molar-refractivity contribution in [1.29, 1.82) is 0 Å². The number of aromatic nitrogens is 2. The van der Waals surface area contributed by atoms with Crippen molar-refractivity contribution < 1.29 is 4.79 Å². The quantitative estimate of drug-likeness (QED) is 0.290. The van der Waals surface area contributed by atoms with Gasteiger partial charge in [0.05, 0.1) is 6.20 Å². The SMILES string of the molecule is CN=C(NCCCc1cnn(C)c1)NC1CCN(C(=O)C(C)C)C1.I. The van der Waals surface area contributed by atoms with Crippen LogP contribution in [-0.4, -0.2) is 59.3 Å². The number of aryl methyl sites for hydroxylation is 2. The number of aliphatic imine (C=N–C) groups is 1. The van der Waals surface area contributed by atoms with Gasteiger partial charge < -0.3 is 15.5 Å². The fraction of sp³-hybridized carbons (Fsp3) is 0.706. The summed E-state index contributed by atoms with van der Waals surface area (Å²) in [6, 6.07) is 0.275. The van der Waals surface area contributed by atoms with Gasteiger partial charge in [0.25, 0.3) is 0 Å². The minimum absolute atomic E-state index is 0. The molecule has 0 spiro atoms. The lowest BCUT2D eigenvalue weighted by atomic mass is 10.2. The number of guanidine groups is 1. The molecule has 2 rings (SSSR count). The zero-order valence-electron chi connectivity index (χ0n) is 15.7. The van der Waals surface area contributed by atoms with Crippen molar-refractivity contribution in [2.24, 2.45) is 18.0 Å². The Hall–Kier alpha value is -1.32. The van der Waals surface area contributed by atoms with Crippen LogP contribution in [0.4, 0.5) is 0 Å². The number of likely N-dealkylation sites (tertiary alicyclic amines) is 1. The zero-order valence-corrected chi connectivity index (χ0v) is 18.0. The van der Waals surface area contributed by atoms with Crippen LogP contribution in [0.15, 0.2) is 17.4 Å². The van der Waals surface area contributed by atoms with E-state index in [2.05, 4.69) is 20.7 Å². The number of nitrogens with zero attached hydrogens (tertiary/aromatic N) is 4. The summed E-state index contributed by atoms with van der Waals surface area (Å²) in [5, 5.41) is 10.9. The van der Waals surface area contributed by atoms with Gasteiger partial charge in [-0.3, -0.25) is 14.5 Å². The van der Waals surface area contributed by atoms with E-state index in [9.17, 15) is 4.79 Å². The predicted molar refractivity (Wildman–Crippen MR) is 111 cm³/mol. The largest absolute Gasteiger partial charge is 0.356 e. The van der Waals surface area contributed by atoms with Crippen molar-refractivity contribution in [3.05, 3.63) is 18.0 Å². The van der Waals surface area contributed by atoms with Gasteiger partial charge in [-0.1, -0.05) is 13.8 Å². The van der Waals surface area contributed by atoms with Gasteiger partial charge in [-0.2, -0.15) is 5.10 Å². The number of amides is 1. The maximum absolute atomic E-state index is 12.0. The third-order valence-corrected chi connectivity index (χ3v) is 4.25. The van der Waals surface area contributed by atoms with E-state index >= 15 is 0 Å². The van der Waals surface area contributed by atoms with Crippen LogP contribution in [0, 0.1) is 5.92 Å². The molecule has 1 aromatic heterocycles. The van der Waals surface area contributed by atoms with Crippen LogP contribution in [0.1, 0.15) is 32.3 Å². The van der Waals surface area contributed by atoms with Crippen molar-refractivity contribution >= 4 is 35.8 Å². The molecule has 1 aromatic rings. The average Bonchev–Trinajstić information content (AvgIpc) is 3.18. The first-order valence-corrected chi connectivity index (χ1v) is 8.73. The molecular formula is C17H31IN6O. The van der Waals surface area contributed by atoms with Crippen molar-refractivity contribution in [3.8, 4) is 0 Å². The summed E-state index contributed by atoms with van der Waals surface area (Å²) in [6.07, 6.45) is 6.94. The monoisotopic (exact) mass is 462 g/mol. The van der Waals surface area contributed by atoms with E-state index in [4.69, 9.17) is 0 Å². The molecule has 1 saturated heterocycles. The summed E-state index contributed by atoms with van der Waals surface area (Å²) in [5.74, 6) is 1.11. The minimum atomic E-state index is 0. The molecule has 2 heterocycles. The molecule has 1 atom stereocenters. The Morgan fingerprint density at radius 3 is 2.84 bits per heavy atom. The van der Waals surface area contributed by atoms with Gasteiger partial charge in [-0.25, -0.2) is 0 Å². The number of hydrogen-bond acceptors (Lipinski definition) is 3. The van der Waals surface area contributed by atoms with Crippen LogP contribution in [-0.2, 0) is 18.3 Å². The van der Waals surface area contributed by atoms with E-state index in [1.54, 1.807) is 7.05 Å². The van der Waals surface area contributed by atoms with Crippen molar-refractivity contribution in [3.63, 3.8) is 0 Å². The highest BCUT2D eigenvalue weighted by Crippen LogP contribution is 2.12. The number of carbonyl (C=O) groups is 1. The van der Waals surface area contributed by atoms with Crippen LogP contribution in [0.5, 0.6) is 0 Å². The molecule has 1 fully saturated rings. The van der Waals surface area contributed by atoms with Crippen molar-refractivity contribution in [2.75, 3.05) is 26.7 Å². The molecule has 1 aliphatic rings. The number of nitrogens with one attached hydrogen (secondary N) is 2. The predicted octanol–water partition coefficient (Wildman–Crippen LogP) is 1.39. The van der Waals surface area contributed by atoms with Crippen LogP contribution in [0.3, 0.4) is 0 Å². The molecule has 7 nitrogen and oxygen atoms in total. The summed E-state index contributed by atoms with van der Waals surface area (Å²) in [6.45, 7) is 6.34. The topological polar surface area (TPSA) is 74.6 Å². The number of rotatable bonds is 6. The summed E-state index contributed by atoms with van der Waals surface area (Å²) < 4.78 is 1.83. The molecule has 1 amide bonds. The number of carbonyl (C=O) groups excluding carboxylic acids is 1. The van der Waals surface area contributed by atoms with E-state index in [0.29, 0.717) is 0 Å². The van der Waals surface area contributed by atoms with Gasteiger partial charge >= 0.3 is 0 Å². The smallest absolute Gasteiger partial charge is 0.225 e. The van der Waals surface area contributed by atoms with Gasteiger partial charge in [0, 0.05) is 51.9 Å². The molecule has 142 valence electrons. The van der Waals surface area contributed by atoms with Gasteiger partial charge in [0.15, 0.2) is 5.96 Å². The van der Waals surface area contributed by atoms with Crippen LogP contribution in [0.25, 0.3) is 0 Å². The van der Waals surface area contributed by atoms with Crippen LogP contribution in [0.2, 0.25) is 0 Å². The van der Waals surface area contributed by atoms with Gasteiger partial charge in [-0.15, -0.1) is 24.0 Å². The summed E-state index contributed by atoms with van der Waals surface area (Å²) in [4.78, 5) is 18.3. The first kappa shape index (κ1) is 21.7. The van der Waals surface area contributed by atoms with E-state index in [-0.39, 0.29) is 41.8 Å². The highest BCUT2D eigenvalue weighted by molar-refractivity contribution is 14.0. The lowest BCUT2D eigenvalue weighted by Gasteiger charge is -2.20. The second kappa shape index (κ2) is 10.6. The molecule has 0 saturated carbocycles. The van der Waals surface area contributed by atoms with Gasteiger partial charge in [0.2, 0.25) is 5.91 Å². The molecule has 2 N–H and O–H groups in total. The Labute approximate surface area is 167 Å². The summed E-state index contributed by atoms with van der Waals surface area (Å²) in [7, 11) is 3.71. The van der Waals surface area contributed by atoms with E-state index in [1.807, 2.05) is 42.9 Å². The molecule has 25 heavy (non-hydrogen) atoms. The fourth-order valence-electron chi connectivity index (χ4n) is 2.93. The third-order valence-electron chi connectivity index (χ3n) is 4.25. The molecule has 0 bridgehead atoms. The zero-order chi connectivity index (χ0) is 17.5. The molecular weight excluding hydrogens is 431 g/mol. The lowest BCUT2D eigenvalue weighted by molar-refractivity contribution is -0.133. The summed E-state index contributed by atoms with van der Waals surface area (Å²) in [5.41, 5.74) is 1.25. The highest BCUT2D eigenvalue weighted by Gasteiger charge is 2.27. The fourth-order valence-corrected chi connectivity index (χ4v) is 2.93. The maximum Gasteiger partial charge on any atom is 0.225 e. The molecule has 1 aliphatic heterocycles. The van der Waals surface area contributed by atoms with Crippen LogP contribution >= 0.6 is 24.0 Å². The normalized spacial score (nSPS) is 17.6. The molecule has 8 heteroatoms. The standard InChI is InChI=1S/C17H30N6O.HI/c1-13(2)16(24)23-9-7-15(12-23)21-17(18-3)19-8-5-6-14-10-20-22(4)11-14;/h10-11,13,15H,5-9,12H2,1-4H3,(H2,18,19,21);1H. The second-order valence-corrected chi connectivity index (χ2v) is 6.69. The Morgan fingerprint density at radius 2 is 2.24 bits per heavy atom. The van der Waals surface area contributed by atoms with Crippen molar-refractivity contribution in [1.82, 2.24) is 25.3 Å². The van der Waals surface area contributed by atoms with Gasteiger partial charge in [-0.05, 0) is 24.8 Å². The number of hydrogen-bond donors (Lipinski definition) is 2. The Balaban J connectivity index is 0.00000312. The highest BCUT2D eigenvalue weighted by atomic mass is 127. The molecule has 1 unspecified atom stereocenters. The molecule has 0 radical (unpaired) electrons. The molecule has 0 aliphatic carbocycles. The van der Waals surface area contributed by atoms with Crippen molar-refractivity contribution in [2.45, 2.75) is 39.2 Å². The Kier molecular flexibility index (Phi) is 9.23. The second-order valence-electron chi connectivity index (χ2n) is 6.69. The average molecular weight is 462 g/mol. The lowest BCUT2D eigenvalue weighted by Crippen LogP contribution is -2.45. The van der Waals surface area contributed by atoms with E-state index in [0.717, 1.165) is 44.9 Å². The van der Waals surface area contributed by atoms with E-state index in [1.165, 1.54) is 5.56 Å². The minimum Gasteiger partial charge on any atom is -0.356 e. The molecule has 0 aromatic carbocycles. The van der Waals surface area contributed by atoms with Gasteiger partial charge in [0.1, 0.15) is 0 Å². The Bertz CT molecular complexity index is 571. The first-order valence-electron chi connectivity index (χ1n) is 8.73. The summed E-state index contributed by atoms with van der Waals surface area (Å²) >= 11 is 0. The maximum atomic E-state index is 12.0. The third kappa shape index (κ3) is 6.83. The first-order chi connectivity index (χ1) is 11.5. The van der Waals surface area contributed by atoms with E-state index < -0.39 is 0 Å². The number of halogens is 1. The Morgan fingerprint density at radius 1 is 1.48 bits per heavy atom.